The molecule has 0 aliphatic carbocycles. The Balaban J connectivity index is 2.14. The van der Waals surface area contributed by atoms with E-state index in [0.29, 0.717) is 6.54 Å². The lowest BCUT2D eigenvalue weighted by Gasteiger charge is -2.00. The first-order valence-electron chi connectivity index (χ1n) is 3.29. The maximum atomic E-state index is 11.6. The number of nitrogens with one attached hydrogen (secondary N) is 1. The second-order valence-electron chi connectivity index (χ2n) is 2.15. The summed E-state index contributed by atoms with van der Waals surface area (Å²) < 4.78 is 23.2. The molecule has 0 saturated carbocycles. The molecule has 4 heteroatoms. The maximum Gasteiger partial charge on any atom is 0.250 e. The standard InChI is InChI=1S/C7H9F2NS/c8-7(9)4-10-3-6-1-2-11-5-6/h1-2,5,7,10H,3-4H2. The highest BCUT2D eigenvalue weighted by atomic mass is 32.1. The van der Waals surface area contributed by atoms with Gasteiger partial charge in [-0.1, -0.05) is 0 Å². The van der Waals surface area contributed by atoms with Crippen molar-refractivity contribution in [1.29, 1.82) is 0 Å². The van der Waals surface area contributed by atoms with Gasteiger partial charge in [0.15, 0.2) is 0 Å². The van der Waals surface area contributed by atoms with E-state index in [1.807, 2.05) is 16.8 Å². The van der Waals surface area contributed by atoms with Crippen molar-refractivity contribution in [2.75, 3.05) is 6.54 Å². The Morgan fingerprint density at radius 3 is 2.91 bits per heavy atom. The van der Waals surface area contributed by atoms with Crippen LogP contribution >= 0.6 is 11.3 Å². The minimum absolute atomic E-state index is 0.226. The van der Waals surface area contributed by atoms with Gasteiger partial charge in [-0.2, -0.15) is 11.3 Å². The van der Waals surface area contributed by atoms with Crippen LogP contribution < -0.4 is 5.32 Å². The molecule has 0 radical (unpaired) electrons. The SMILES string of the molecule is FC(F)CNCc1ccsc1. The molecule has 62 valence electrons. The molecule has 0 amide bonds. The van der Waals surface area contributed by atoms with Gasteiger partial charge in [0.1, 0.15) is 0 Å². The molecule has 0 spiro atoms. The number of thiophene rings is 1. The number of hydrogen-bond acceptors (Lipinski definition) is 2. The Morgan fingerprint density at radius 2 is 2.36 bits per heavy atom. The first kappa shape index (κ1) is 8.62. The molecule has 0 aliphatic heterocycles. The summed E-state index contributed by atoms with van der Waals surface area (Å²) in [6.45, 7) is 0.309. The minimum Gasteiger partial charge on any atom is -0.307 e. The number of hydrogen-bond donors (Lipinski definition) is 1. The first-order valence-corrected chi connectivity index (χ1v) is 4.23. The van der Waals surface area contributed by atoms with Crippen LogP contribution in [-0.2, 0) is 6.54 Å². The van der Waals surface area contributed by atoms with Crippen molar-refractivity contribution in [1.82, 2.24) is 5.32 Å². The van der Waals surface area contributed by atoms with Gasteiger partial charge in [-0.3, -0.25) is 0 Å². The molecule has 11 heavy (non-hydrogen) atoms. The summed E-state index contributed by atoms with van der Waals surface area (Å²) in [6.07, 6.45) is -2.26. The highest BCUT2D eigenvalue weighted by Crippen LogP contribution is 2.04. The van der Waals surface area contributed by atoms with Crippen LogP contribution in [0.4, 0.5) is 8.78 Å². The van der Waals surface area contributed by atoms with Gasteiger partial charge in [0, 0.05) is 6.54 Å². The van der Waals surface area contributed by atoms with Gasteiger partial charge in [0.05, 0.1) is 6.54 Å². The van der Waals surface area contributed by atoms with Gasteiger partial charge < -0.3 is 5.32 Å². The van der Waals surface area contributed by atoms with Crippen molar-refractivity contribution >= 4 is 11.3 Å². The predicted octanol–water partition coefficient (Wildman–Crippen LogP) is 2.10. The third-order valence-corrected chi connectivity index (χ3v) is 1.94. The predicted molar refractivity (Wildman–Crippen MR) is 42.0 cm³/mol. The van der Waals surface area contributed by atoms with Crippen LogP contribution in [0.3, 0.4) is 0 Å². The van der Waals surface area contributed by atoms with Crippen molar-refractivity contribution in [3.63, 3.8) is 0 Å². The van der Waals surface area contributed by atoms with Crippen LogP contribution in [0, 0.1) is 0 Å². The lowest BCUT2D eigenvalue weighted by molar-refractivity contribution is 0.145. The van der Waals surface area contributed by atoms with E-state index < -0.39 is 6.43 Å². The summed E-state index contributed by atoms with van der Waals surface area (Å²) in [5.41, 5.74) is 1.07. The van der Waals surface area contributed by atoms with Crippen LogP contribution in [0.5, 0.6) is 0 Å². The van der Waals surface area contributed by atoms with Crippen LogP contribution in [0.2, 0.25) is 0 Å². The summed E-state index contributed by atoms with van der Waals surface area (Å²) in [5.74, 6) is 0. The Kier molecular flexibility index (Phi) is 3.45. The van der Waals surface area contributed by atoms with Gasteiger partial charge in [0.25, 0.3) is 6.43 Å². The van der Waals surface area contributed by atoms with Gasteiger partial charge in [-0.15, -0.1) is 0 Å². The molecule has 0 aliphatic rings. The molecule has 1 heterocycles. The van der Waals surface area contributed by atoms with E-state index in [9.17, 15) is 8.78 Å². The van der Waals surface area contributed by atoms with Gasteiger partial charge >= 0.3 is 0 Å². The second kappa shape index (κ2) is 4.41. The lowest BCUT2D eigenvalue weighted by atomic mass is 10.3. The van der Waals surface area contributed by atoms with E-state index >= 15 is 0 Å². The van der Waals surface area contributed by atoms with E-state index in [1.165, 1.54) is 0 Å². The Bertz CT molecular complexity index is 186. The second-order valence-corrected chi connectivity index (χ2v) is 2.93. The van der Waals surface area contributed by atoms with E-state index in [1.54, 1.807) is 11.3 Å². The third-order valence-electron chi connectivity index (χ3n) is 1.21. The van der Waals surface area contributed by atoms with Crippen molar-refractivity contribution < 1.29 is 8.78 Å². The molecule has 1 nitrogen and oxygen atoms in total. The Hall–Kier alpha value is -0.480. The average Bonchev–Trinajstić information content (AvgIpc) is 2.39. The molecular formula is C7H9F2NS. The molecule has 0 atom stereocenters. The fraction of sp³-hybridized carbons (Fsp3) is 0.429. The summed E-state index contributed by atoms with van der Waals surface area (Å²) in [5, 5.41) is 6.52. The van der Waals surface area contributed by atoms with Crippen molar-refractivity contribution in [3.05, 3.63) is 22.4 Å². The lowest BCUT2D eigenvalue weighted by Crippen LogP contribution is -2.20. The largest absolute Gasteiger partial charge is 0.307 e. The molecule has 1 N–H and O–H groups in total. The van der Waals surface area contributed by atoms with E-state index in [-0.39, 0.29) is 6.54 Å². The summed E-state index contributed by atoms with van der Waals surface area (Å²) in [4.78, 5) is 0. The normalized spacial score (nSPS) is 10.8. The summed E-state index contributed by atoms with van der Waals surface area (Å²) in [7, 11) is 0. The van der Waals surface area contributed by atoms with E-state index in [4.69, 9.17) is 0 Å². The Morgan fingerprint density at radius 1 is 1.55 bits per heavy atom. The van der Waals surface area contributed by atoms with Gasteiger partial charge in [0.2, 0.25) is 0 Å². The molecule has 1 rings (SSSR count). The summed E-state index contributed by atoms with van der Waals surface area (Å²) in [6, 6.07) is 1.92. The highest BCUT2D eigenvalue weighted by molar-refractivity contribution is 7.07. The quantitative estimate of drug-likeness (QED) is 0.742. The monoisotopic (exact) mass is 177 g/mol. The molecular weight excluding hydrogens is 168 g/mol. The highest BCUT2D eigenvalue weighted by Gasteiger charge is 2.00. The van der Waals surface area contributed by atoms with Gasteiger partial charge in [-0.05, 0) is 22.4 Å². The zero-order valence-electron chi connectivity index (χ0n) is 5.89. The topological polar surface area (TPSA) is 12.0 Å². The number of alkyl halides is 2. The van der Waals surface area contributed by atoms with Crippen LogP contribution in [0.1, 0.15) is 5.56 Å². The molecule has 0 aromatic carbocycles. The van der Waals surface area contributed by atoms with Crippen LogP contribution in [-0.4, -0.2) is 13.0 Å². The minimum atomic E-state index is -2.26. The van der Waals surface area contributed by atoms with Crippen molar-refractivity contribution in [2.45, 2.75) is 13.0 Å². The van der Waals surface area contributed by atoms with Crippen molar-refractivity contribution in [2.24, 2.45) is 0 Å². The number of halogens is 2. The molecule has 0 unspecified atom stereocenters. The fourth-order valence-corrected chi connectivity index (χ4v) is 1.39. The summed E-state index contributed by atoms with van der Waals surface area (Å²) >= 11 is 1.57. The van der Waals surface area contributed by atoms with Gasteiger partial charge in [-0.25, -0.2) is 8.78 Å². The average molecular weight is 177 g/mol. The zero-order valence-corrected chi connectivity index (χ0v) is 6.70. The van der Waals surface area contributed by atoms with Crippen molar-refractivity contribution in [3.8, 4) is 0 Å². The maximum absolute atomic E-state index is 11.6. The Labute approximate surface area is 68.0 Å². The molecule has 0 bridgehead atoms. The zero-order chi connectivity index (χ0) is 8.10. The first-order chi connectivity index (χ1) is 5.29. The smallest absolute Gasteiger partial charge is 0.250 e. The van der Waals surface area contributed by atoms with E-state index in [0.717, 1.165) is 5.56 Å². The van der Waals surface area contributed by atoms with Crippen LogP contribution in [0.15, 0.2) is 16.8 Å². The molecule has 1 aromatic heterocycles. The molecule has 1 aromatic rings. The molecule has 0 saturated heterocycles. The number of rotatable bonds is 4. The third kappa shape index (κ3) is 3.43. The van der Waals surface area contributed by atoms with E-state index in [2.05, 4.69) is 5.32 Å². The fourth-order valence-electron chi connectivity index (χ4n) is 0.719. The van der Waals surface area contributed by atoms with Crippen LogP contribution in [0.25, 0.3) is 0 Å². The molecule has 0 fully saturated rings.